The third-order valence-electron chi connectivity index (χ3n) is 4.92. The first-order chi connectivity index (χ1) is 15.6. The van der Waals surface area contributed by atoms with E-state index in [1.807, 2.05) is 18.2 Å². The van der Waals surface area contributed by atoms with Crippen LogP contribution < -0.4 is 10.1 Å². The van der Waals surface area contributed by atoms with Crippen molar-refractivity contribution in [3.05, 3.63) is 66.6 Å². The highest BCUT2D eigenvalue weighted by atomic mass is 16.5. The van der Waals surface area contributed by atoms with Crippen molar-refractivity contribution in [2.45, 2.75) is 0 Å². The molecule has 5 rings (SSSR count). The molecule has 0 fully saturated rings. The number of phenolic OH excluding ortho intramolecular Hbond substituents is 1. The van der Waals surface area contributed by atoms with Crippen LogP contribution in [0.1, 0.15) is 10.4 Å². The van der Waals surface area contributed by atoms with Gasteiger partial charge in [-0.05, 0) is 48.0 Å². The molecule has 0 bridgehead atoms. The molecule has 0 saturated heterocycles. The first-order valence-electron chi connectivity index (χ1n) is 9.61. The smallest absolute Gasteiger partial charge is 0.258 e. The molecule has 0 unspecified atom stereocenters. The quantitative estimate of drug-likeness (QED) is 0.337. The number of pyridine rings is 1. The Morgan fingerprint density at radius 3 is 2.81 bits per heavy atom. The average molecular weight is 427 g/mol. The summed E-state index contributed by atoms with van der Waals surface area (Å²) in [5.41, 5.74) is 3.84. The molecule has 0 aliphatic heterocycles. The standard InChI is InChI=1S/C22H17N7O3/c1-32-21-14(3-2-8-23-21)12-5-7-18(30)15(9-12)19-26-16-6-4-13(10-17(16)27-19)20(31)28-22-24-11-25-29-22/h2-11,30H,1H3,(H,26,27)(H2,24,25,28,29,31). The van der Waals surface area contributed by atoms with Crippen LogP contribution in [0.5, 0.6) is 11.6 Å². The highest BCUT2D eigenvalue weighted by Crippen LogP contribution is 2.35. The van der Waals surface area contributed by atoms with Gasteiger partial charge in [0.2, 0.25) is 11.8 Å². The highest BCUT2D eigenvalue weighted by Gasteiger charge is 2.15. The molecule has 3 aromatic heterocycles. The molecule has 0 aliphatic rings. The van der Waals surface area contributed by atoms with Gasteiger partial charge in [-0.1, -0.05) is 6.07 Å². The fourth-order valence-corrected chi connectivity index (χ4v) is 3.39. The van der Waals surface area contributed by atoms with Gasteiger partial charge in [-0.25, -0.2) is 15.1 Å². The van der Waals surface area contributed by atoms with E-state index in [2.05, 4.69) is 35.5 Å². The van der Waals surface area contributed by atoms with Crippen molar-refractivity contribution < 1.29 is 14.6 Å². The number of aromatic nitrogens is 6. The first kappa shape index (κ1) is 19.2. The van der Waals surface area contributed by atoms with Crippen LogP contribution in [-0.2, 0) is 0 Å². The number of hydrogen-bond donors (Lipinski definition) is 4. The predicted molar refractivity (Wildman–Crippen MR) is 117 cm³/mol. The van der Waals surface area contributed by atoms with E-state index >= 15 is 0 Å². The second-order valence-electron chi connectivity index (χ2n) is 6.90. The number of phenols is 1. The molecule has 5 aromatic rings. The summed E-state index contributed by atoms with van der Waals surface area (Å²) in [5.74, 6) is 0.936. The molecular weight excluding hydrogens is 410 g/mol. The number of nitrogens with zero attached hydrogens (tertiary/aromatic N) is 4. The van der Waals surface area contributed by atoms with Crippen LogP contribution in [-0.4, -0.2) is 48.3 Å². The van der Waals surface area contributed by atoms with Crippen molar-refractivity contribution in [2.75, 3.05) is 12.4 Å². The Labute approximate surface area is 181 Å². The van der Waals surface area contributed by atoms with Gasteiger partial charge >= 0.3 is 0 Å². The largest absolute Gasteiger partial charge is 0.507 e. The summed E-state index contributed by atoms with van der Waals surface area (Å²) >= 11 is 0. The molecule has 2 aromatic carbocycles. The van der Waals surface area contributed by atoms with Gasteiger partial charge in [0.1, 0.15) is 17.9 Å². The van der Waals surface area contributed by atoms with E-state index < -0.39 is 0 Å². The van der Waals surface area contributed by atoms with Gasteiger partial charge in [0, 0.05) is 17.3 Å². The SMILES string of the molecule is COc1ncccc1-c1ccc(O)c(-c2nc3ccc(C(=O)Nc4ncn[nH]4)cc3[nH]2)c1. The van der Waals surface area contributed by atoms with Crippen molar-refractivity contribution >= 4 is 22.9 Å². The zero-order valence-electron chi connectivity index (χ0n) is 16.8. The number of aromatic amines is 2. The lowest BCUT2D eigenvalue weighted by atomic mass is 10.0. The number of carbonyl (C=O) groups is 1. The van der Waals surface area contributed by atoms with Gasteiger partial charge in [0.25, 0.3) is 5.91 Å². The number of benzene rings is 2. The Morgan fingerprint density at radius 2 is 2.00 bits per heavy atom. The van der Waals surface area contributed by atoms with Crippen molar-refractivity contribution in [3.8, 4) is 34.1 Å². The number of hydrogen-bond acceptors (Lipinski definition) is 7. The molecule has 4 N–H and O–H groups in total. The Balaban J connectivity index is 1.51. The van der Waals surface area contributed by atoms with Crippen LogP contribution >= 0.6 is 0 Å². The number of aromatic hydroxyl groups is 1. The minimum Gasteiger partial charge on any atom is -0.507 e. The van der Waals surface area contributed by atoms with Crippen LogP contribution in [0.4, 0.5) is 5.95 Å². The predicted octanol–water partition coefficient (Wildman–Crippen LogP) is 3.38. The maximum Gasteiger partial charge on any atom is 0.258 e. The maximum atomic E-state index is 12.5. The zero-order chi connectivity index (χ0) is 22.1. The van der Waals surface area contributed by atoms with E-state index in [-0.39, 0.29) is 17.6 Å². The number of carbonyl (C=O) groups excluding carboxylic acids is 1. The second kappa shape index (κ2) is 7.84. The molecule has 10 nitrogen and oxygen atoms in total. The minimum atomic E-state index is -0.340. The molecule has 0 saturated carbocycles. The molecule has 158 valence electrons. The number of amides is 1. The van der Waals surface area contributed by atoms with Gasteiger partial charge in [0.15, 0.2) is 0 Å². The molecule has 0 atom stereocenters. The third-order valence-corrected chi connectivity index (χ3v) is 4.92. The van der Waals surface area contributed by atoms with Crippen LogP contribution in [0.2, 0.25) is 0 Å². The van der Waals surface area contributed by atoms with E-state index in [0.29, 0.717) is 33.9 Å². The van der Waals surface area contributed by atoms with Gasteiger partial charge < -0.3 is 14.8 Å². The van der Waals surface area contributed by atoms with Gasteiger partial charge in [0.05, 0.1) is 23.7 Å². The van der Waals surface area contributed by atoms with Crippen LogP contribution in [0.25, 0.3) is 33.5 Å². The zero-order valence-corrected chi connectivity index (χ0v) is 16.8. The van der Waals surface area contributed by atoms with Crippen LogP contribution in [0, 0.1) is 0 Å². The van der Waals surface area contributed by atoms with Crippen molar-refractivity contribution in [2.24, 2.45) is 0 Å². The Kier molecular flexibility index (Phi) is 4.71. The summed E-state index contributed by atoms with van der Waals surface area (Å²) in [4.78, 5) is 28.3. The van der Waals surface area contributed by atoms with Crippen LogP contribution in [0.3, 0.4) is 0 Å². The molecule has 32 heavy (non-hydrogen) atoms. The summed E-state index contributed by atoms with van der Waals surface area (Å²) in [5, 5.41) is 19.4. The lowest BCUT2D eigenvalue weighted by molar-refractivity contribution is 0.102. The Hall–Kier alpha value is -4.73. The average Bonchev–Trinajstić information content (AvgIpc) is 3.48. The molecule has 0 radical (unpaired) electrons. The fraction of sp³-hybridized carbons (Fsp3) is 0.0455. The number of anilines is 1. The Morgan fingerprint density at radius 1 is 1.09 bits per heavy atom. The van der Waals surface area contributed by atoms with E-state index in [1.165, 1.54) is 6.33 Å². The summed E-state index contributed by atoms with van der Waals surface area (Å²) in [6, 6.07) is 14.0. The maximum absolute atomic E-state index is 12.5. The highest BCUT2D eigenvalue weighted by molar-refractivity contribution is 6.05. The molecule has 3 heterocycles. The molecule has 0 aliphatic carbocycles. The van der Waals surface area contributed by atoms with Crippen molar-refractivity contribution in [1.29, 1.82) is 0 Å². The summed E-state index contributed by atoms with van der Waals surface area (Å²) in [6.45, 7) is 0. The number of ether oxygens (including phenoxy) is 1. The molecule has 1 amide bonds. The topological polar surface area (TPSA) is 142 Å². The number of methoxy groups -OCH3 is 1. The monoisotopic (exact) mass is 427 g/mol. The van der Waals surface area contributed by atoms with E-state index in [4.69, 9.17) is 4.74 Å². The summed E-state index contributed by atoms with van der Waals surface area (Å²) in [6.07, 6.45) is 2.96. The first-order valence-corrected chi connectivity index (χ1v) is 9.61. The normalized spacial score (nSPS) is 10.9. The van der Waals surface area contributed by atoms with Crippen molar-refractivity contribution in [3.63, 3.8) is 0 Å². The summed E-state index contributed by atoms with van der Waals surface area (Å²) in [7, 11) is 1.56. The molecule has 0 spiro atoms. The molecular formula is C22H17N7O3. The number of H-pyrrole nitrogens is 2. The molecule has 10 heteroatoms. The van der Waals surface area contributed by atoms with Crippen molar-refractivity contribution in [1.82, 2.24) is 30.1 Å². The number of nitrogens with one attached hydrogen (secondary N) is 3. The van der Waals surface area contributed by atoms with Crippen LogP contribution in [0.15, 0.2) is 61.1 Å². The number of fused-ring (bicyclic) bond motifs is 1. The Bertz CT molecular complexity index is 1430. The number of rotatable bonds is 5. The fourth-order valence-electron chi connectivity index (χ4n) is 3.39. The second-order valence-corrected chi connectivity index (χ2v) is 6.90. The van der Waals surface area contributed by atoms with E-state index in [1.54, 1.807) is 43.6 Å². The van der Waals surface area contributed by atoms with Gasteiger partial charge in [-0.2, -0.15) is 10.1 Å². The lowest BCUT2D eigenvalue weighted by Crippen LogP contribution is -2.12. The van der Waals surface area contributed by atoms with E-state index in [0.717, 1.165) is 11.1 Å². The van der Waals surface area contributed by atoms with E-state index in [9.17, 15) is 9.90 Å². The summed E-state index contributed by atoms with van der Waals surface area (Å²) < 4.78 is 5.35. The minimum absolute atomic E-state index is 0.0685. The van der Waals surface area contributed by atoms with Gasteiger partial charge in [-0.3, -0.25) is 10.1 Å². The third kappa shape index (κ3) is 3.49. The lowest BCUT2D eigenvalue weighted by Gasteiger charge is -2.09. The number of imidazole rings is 1. The van der Waals surface area contributed by atoms with Gasteiger partial charge in [-0.15, -0.1) is 0 Å².